The molecular weight excluding hydrogens is 336 g/mol. The Morgan fingerprint density at radius 2 is 1.93 bits per heavy atom. The number of hydrogen-bond acceptors (Lipinski definition) is 2. The molecule has 1 amide bonds. The third-order valence-corrected chi connectivity index (χ3v) is 5.62. The molecule has 1 aromatic rings. The van der Waals surface area contributed by atoms with Crippen LogP contribution in [-0.4, -0.2) is 49.0 Å². The van der Waals surface area contributed by atoms with E-state index in [0.717, 1.165) is 45.0 Å². The van der Waals surface area contributed by atoms with Crippen LogP contribution in [0.1, 0.15) is 51.5 Å². The Hall–Kier alpha value is -2.04. The summed E-state index contributed by atoms with van der Waals surface area (Å²) in [5.74, 6) is 2.61. The smallest absolute Gasteiger partial charge is 0.225 e. The average Bonchev–Trinajstić information content (AvgIpc) is 3.47. The van der Waals surface area contributed by atoms with E-state index in [1.54, 1.807) is 0 Å². The largest absolute Gasteiger partial charge is 0.357 e. The number of nitrogens with zero attached hydrogens (tertiary/aromatic N) is 2. The molecule has 1 aliphatic heterocycles. The van der Waals surface area contributed by atoms with E-state index in [-0.39, 0.29) is 11.8 Å². The fourth-order valence-corrected chi connectivity index (χ4v) is 3.89. The van der Waals surface area contributed by atoms with Crippen LogP contribution in [0.4, 0.5) is 0 Å². The van der Waals surface area contributed by atoms with Crippen LogP contribution in [0.3, 0.4) is 0 Å². The van der Waals surface area contributed by atoms with Gasteiger partial charge in [-0.1, -0.05) is 44.2 Å². The molecule has 27 heavy (non-hydrogen) atoms. The second kappa shape index (κ2) is 9.25. The van der Waals surface area contributed by atoms with Crippen LogP contribution in [0, 0.1) is 11.8 Å². The highest BCUT2D eigenvalue weighted by Crippen LogP contribution is 2.47. The number of guanidine groups is 1. The molecule has 2 N–H and O–H groups in total. The van der Waals surface area contributed by atoms with Crippen LogP contribution in [0.2, 0.25) is 0 Å². The Balaban J connectivity index is 1.47. The summed E-state index contributed by atoms with van der Waals surface area (Å²) in [6, 6.07) is 11.2. The van der Waals surface area contributed by atoms with Crippen LogP contribution in [0.15, 0.2) is 35.3 Å². The first-order valence-electron chi connectivity index (χ1n) is 10.5. The summed E-state index contributed by atoms with van der Waals surface area (Å²) in [5, 5.41) is 6.96. The van der Waals surface area contributed by atoms with Crippen molar-refractivity contribution in [3.63, 3.8) is 0 Å². The van der Waals surface area contributed by atoms with Crippen molar-refractivity contribution >= 4 is 11.9 Å². The van der Waals surface area contributed by atoms with Gasteiger partial charge in [0.25, 0.3) is 0 Å². The number of carbonyl (C=O) groups excluding carboxylic acids is 1. The number of benzene rings is 1. The van der Waals surface area contributed by atoms with Crippen LogP contribution in [0.5, 0.6) is 0 Å². The number of carbonyl (C=O) groups is 1. The number of likely N-dealkylation sites (tertiary alicyclic amines) is 1. The topological polar surface area (TPSA) is 56.7 Å². The van der Waals surface area contributed by atoms with Gasteiger partial charge in [0, 0.05) is 38.1 Å². The van der Waals surface area contributed by atoms with Crippen molar-refractivity contribution in [1.82, 2.24) is 15.5 Å². The molecule has 1 heterocycles. The summed E-state index contributed by atoms with van der Waals surface area (Å²) in [5.41, 5.74) is 1.44. The van der Waals surface area contributed by atoms with Gasteiger partial charge in [-0.15, -0.1) is 0 Å². The molecule has 0 radical (unpaired) electrons. The molecule has 0 spiro atoms. The number of amides is 1. The Kier molecular flexibility index (Phi) is 6.75. The van der Waals surface area contributed by atoms with Crippen molar-refractivity contribution in [2.45, 2.75) is 52.0 Å². The van der Waals surface area contributed by atoms with E-state index in [0.29, 0.717) is 17.9 Å². The van der Waals surface area contributed by atoms with Crippen LogP contribution in [0.25, 0.3) is 0 Å². The van der Waals surface area contributed by atoms with E-state index < -0.39 is 0 Å². The lowest BCUT2D eigenvalue weighted by molar-refractivity contribution is -0.135. The van der Waals surface area contributed by atoms with E-state index in [4.69, 9.17) is 4.99 Å². The summed E-state index contributed by atoms with van der Waals surface area (Å²) in [6.45, 7) is 9.47. The molecule has 2 fully saturated rings. The van der Waals surface area contributed by atoms with Gasteiger partial charge in [-0.2, -0.15) is 0 Å². The summed E-state index contributed by atoms with van der Waals surface area (Å²) < 4.78 is 0. The molecule has 1 saturated heterocycles. The van der Waals surface area contributed by atoms with E-state index in [9.17, 15) is 4.79 Å². The summed E-state index contributed by atoms with van der Waals surface area (Å²) in [4.78, 5) is 19.0. The molecule has 148 valence electrons. The Bertz CT molecular complexity index is 635. The molecule has 0 bridgehead atoms. The fraction of sp³-hybridized carbons (Fsp3) is 0.636. The molecule has 1 aliphatic carbocycles. The molecule has 2 aliphatic rings. The van der Waals surface area contributed by atoms with Gasteiger partial charge < -0.3 is 15.5 Å². The van der Waals surface area contributed by atoms with Crippen LogP contribution in [-0.2, 0) is 4.79 Å². The summed E-state index contributed by atoms with van der Waals surface area (Å²) >= 11 is 0. The van der Waals surface area contributed by atoms with Crippen molar-refractivity contribution in [2.24, 2.45) is 16.8 Å². The van der Waals surface area contributed by atoms with Crippen molar-refractivity contribution in [2.75, 3.05) is 26.2 Å². The van der Waals surface area contributed by atoms with Gasteiger partial charge in [0.15, 0.2) is 5.96 Å². The molecule has 2 unspecified atom stereocenters. The number of hydrogen-bond donors (Lipinski definition) is 2. The molecule has 1 saturated carbocycles. The Labute approximate surface area is 163 Å². The number of nitrogens with one attached hydrogen (secondary N) is 2. The minimum atomic E-state index is 0.0875. The summed E-state index contributed by atoms with van der Waals surface area (Å²) in [7, 11) is 0. The zero-order valence-electron chi connectivity index (χ0n) is 16.9. The quantitative estimate of drug-likeness (QED) is 0.598. The first kappa shape index (κ1) is 19.7. The molecular formula is C22H34N4O. The number of piperidine rings is 1. The van der Waals surface area contributed by atoms with E-state index in [2.05, 4.69) is 47.9 Å². The SMILES string of the molecule is CCNC(=NCC1CC1c1ccccc1)NC1CCN(C(=O)C(C)C)CC1. The summed E-state index contributed by atoms with van der Waals surface area (Å²) in [6.07, 6.45) is 3.21. The maximum atomic E-state index is 12.1. The maximum Gasteiger partial charge on any atom is 0.225 e. The highest BCUT2D eigenvalue weighted by atomic mass is 16.2. The van der Waals surface area contributed by atoms with Gasteiger partial charge in [0.2, 0.25) is 5.91 Å². The second-order valence-corrected chi connectivity index (χ2v) is 8.13. The van der Waals surface area contributed by atoms with Crippen molar-refractivity contribution in [3.8, 4) is 0 Å². The molecule has 0 aromatic heterocycles. The number of rotatable bonds is 6. The van der Waals surface area contributed by atoms with Gasteiger partial charge in [-0.25, -0.2) is 0 Å². The van der Waals surface area contributed by atoms with E-state index in [1.807, 2.05) is 18.7 Å². The van der Waals surface area contributed by atoms with Crippen LogP contribution >= 0.6 is 0 Å². The van der Waals surface area contributed by atoms with Crippen molar-refractivity contribution in [1.29, 1.82) is 0 Å². The molecule has 3 rings (SSSR count). The number of aliphatic imine (C=N–C) groups is 1. The molecule has 1 aromatic carbocycles. The predicted octanol–water partition coefficient (Wildman–Crippen LogP) is 2.99. The van der Waals surface area contributed by atoms with Crippen molar-refractivity contribution in [3.05, 3.63) is 35.9 Å². The predicted molar refractivity (Wildman–Crippen MR) is 111 cm³/mol. The first-order valence-corrected chi connectivity index (χ1v) is 10.5. The van der Waals surface area contributed by atoms with Gasteiger partial charge in [0.05, 0.1) is 0 Å². The highest BCUT2D eigenvalue weighted by molar-refractivity contribution is 5.80. The highest BCUT2D eigenvalue weighted by Gasteiger charge is 2.37. The third kappa shape index (κ3) is 5.47. The lowest BCUT2D eigenvalue weighted by Gasteiger charge is -2.34. The minimum absolute atomic E-state index is 0.0875. The molecule has 5 nitrogen and oxygen atoms in total. The van der Waals surface area contributed by atoms with Gasteiger partial charge in [-0.3, -0.25) is 9.79 Å². The van der Waals surface area contributed by atoms with Gasteiger partial charge in [-0.05, 0) is 43.6 Å². The average molecular weight is 371 g/mol. The van der Waals surface area contributed by atoms with E-state index >= 15 is 0 Å². The van der Waals surface area contributed by atoms with Crippen LogP contribution < -0.4 is 10.6 Å². The lowest BCUT2D eigenvalue weighted by atomic mass is 10.0. The second-order valence-electron chi connectivity index (χ2n) is 8.13. The Morgan fingerprint density at radius 3 is 2.56 bits per heavy atom. The maximum absolute atomic E-state index is 12.1. The zero-order valence-corrected chi connectivity index (χ0v) is 16.9. The third-order valence-electron chi connectivity index (χ3n) is 5.62. The molecule has 5 heteroatoms. The Morgan fingerprint density at radius 1 is 1.22 bits per heavy atom. The van der Waals surface area contributed by atoms with Gasteiger partial charge in [0.1, 0.15) is 0 Å². The monoisotopic (exact) mass is 370 g/mol. The van der Waals surface area contributed by atoms with Gasteiger partial charge >= 0.3 is 0 Å². The zero-order chi connectivity index (χ0) is 19.2. The van der Waals surface area contributed by atoms with E-state index in [1.165, 1.54) is 12.0 Å². The lowest BCUT2D eigenvalue weighted by Crippen LogP contribution is -2.50. The minimum Gasteiger partial charge on any atom is -0.357 e. The fourth-order valence-electron chi connectivity index (χ4n) is 3.89. The normalized spacial score (nSPS) is 23.4. The molecule has 2 atom stereocenters. The van der Waals surface area contributed by atoms with Crippen molar-refractivity contribution < 1.29 is 4.79 Å². The first-order chi connectivity index (χ1) is 13.1. The standard InChI is InChI=1S/C22H34N4O/c1-4-23-22(24-15-18-14-20(18)17-8-6-5-7-9-17)25-19-10-12-26(13-11-19)21(27)16(2)3/h5-9,16,18-20H,4,10-15H2,1-3H3,(H2,23,24,25).